The van der Waals surface area contributed by atoms with E-state index in [0.29, 0.717) is 30.9 Å². The van der Waals surface area contributed by atoms with Crippen LogP contribution in [0.5, 0.6) is 11.5 Å². The average molecular weight is 460 g/mol. The van der Waals surface area contributed by atoms with Gasteiger partial charge in [-0.3, -0.25) is 0 Å². The molecule has 1 heterocycles. The minimum atomic E-state index is -0.250. The maximum atomic E-state index is 13.4. The first-order valence-corrected chi connectivity index (χ1v) is 11.2. The Morgan fingerprint density at radius 3 is 2.65 bits per heavy atom. The lowest BCUT2D eigenvalue weighted by atomic mass is 10.0. The van der Waals surface area contributed by atoms with Gasteiger partial charge in [0.1, 0.15) is 11.5 Å². The number of carbonyl (C=O) groups excluding carboxylic acids is 1. The Morgan fingerprint density at radius 1 is 1.06 bits per heavy atom. The van der Waals surface area contributed by atoms with Gasteiger partial charge in [0, 0.05) is 18.5 Å². The highest BCUT2D eigenvalue weighted by atomic mass is 16.6. The van der Waals surface area contributed by atoms with Crippen molar-refractivity contribution in [2.45, 2.75) is 26.0 Å². The van der Waals surface area contributed by atoms with Crippen LogP contribution in [0.1, 0.15) is 23.1 Å². The van der Waals surface area contributed by atoms with Crippen LogP contribution in [-0.2, 0) is 11.4 Å². The number of rotatable bonds is 8. The molecule has 1 atom stereocenters. The fraction of sp³-hybridized carbons (Fsp3) is 0.259. The largest absolute Gasteiger partial charge is 0.497 e. The van der Waals surface area contributed by atoms with Crippen molar-refractivity contribution in [2.24, 2.45) is 5.16 Å². The van der Waals surface area contributed by atoms with Gasteiger partial charge >= 0.3 is 6.03 Å². The molecular weight excluding hydrogens is 430 g/mol. The third-order valence-corrected chi connectivity index (χ3v) is 5.76. The van der Waals surface area contributed by atoms with Crippen molar-refractivity contribution < 1.29 is 19.1 Å². The summed E-state index contributed by atoms with van der Waals surface area (Å²) < 4.78 is 10.7. The molecule has 3 aromatic carbocycles. The second-order valence-corrected chi connectivity index (χ2v) is 8.15. The third-order valence-electron chi connectivity index (χ3n) is 5.76. The number of para-hydroxylation sites is 2. The zero-order valence-electron chi connectivity index (χ0n) is 19.7. The van der Waals surface area contributed by atoms with Gasteiger partial charge < -0.3 is 24.5 Å². The number of aryl methyl sites for hydroxylation is 1. The van der Waals surface area contributed by atoms with Crippen molar-refractivity contribution in [3.8, 4) is 11.5 Å². The van der Waals surface area contributed by atoms with E-state index in [9.17, 15) is 4.79 Å². The summed E-state index contributed by atoms with van der Waals surface area (Å²) in [6.45, 7) is 2.82. The summed E-state index contributed by atoms with van der Waals surface area (Å²) in [6.07, 6.45) is 0.380. The fourth-order valence-electron chi connectivity index (χ4n) is 3.98. The summed E-state index contributed by atoms with van der Waals surface area (Å²) in [7, 11) is 3.21. The molecule has 2 amide bonds. The average Bonchev–Trinajstić information content (AvgIpc) is 3.32. The Labute approximate surface area is 199 Å². The molecule has 176 valence electrons. The van der Waals surface area contributed by atoms with Crippen LogP contribution in [0.4, 0.5) is 10.5 Å². The van der Waals surface area contributed by atoms with Crippen molar-refractivity contribution in [1.29, 1.82) is 0 Å². The highest BCUT2D eigenvalue weighted by molar-refractivity contribution is 6.02. The summed E-state index contributed by atoms with van der Waals surface area (Å²) in [6, 6.07) is 22.9. The van der Waals surface area contributed by atoms with E-state index >= 15 is 0 Å². The molecular formula is C27H29N3O4. The zero-order valence-corrected chi connectivity index (χ0v) is 19.7. The number of amides is 2. The van der Waals surface area contributed by atoms with Gasteiger partial charge in [-0.05, 0) is 42.3 Å². The minimum Gasteiger partial charge on any atom is -0.497 e. The van der Waals surface area contributed by atoms with Gasteiger partial charge in [-0.1, -0.05) is 53.7 Å². The van der Waals surface area contributed by atoms with E-state index in [0.717, 1.165) is 28.2 Å². The molecule has 34 heavy (non-hydrogen) atoms. The molecule has 0 aromatic heterocycles. The SMILES string of the molecule is COc1cccc(CN(CC2CC(c3ccccc3C)=NO2)C(=O)Nc2ccccc2OC)c1. The van der Waals surface area contributed by atoms with Gasteiger partial charge in [0.2, 0.25) is 0 Å². The molecule has 0 saturated heterocycles. The van der Waals surface area contributed by atoms with Crippen molar-refractivity contribution in [3.05, 3.63) is 89.5 Å². The van der Waals surface area contributed by atoms with Gasteiger partial charge in [-0.25, -0.2) is 4.79 Å². The highest BCUT2D eigenvalue weighted by Gasteiger charge is 2.28. The number of carbonyl (C=O) groups is 1. The zero-order chi connectivity index (χ0) is 23.9. The van der Waals surface area contributed by atoms with E-state index in [1.807, 2.05) is 66.7 Å². The molecule has 4 rings (SSSR count). The number of hydrogen-bond acceptors (Lipinski definition) is 5. The molecule has 0 spiro atoms. The first-order chi connectivity index (χ1) is 16.6. The van der Waals surface area contributed by atoms with E-state index in [4.69, 9.17) is 14.3 Å². The molecule has 0 saturated carbocycles. The fourth-order valence-corrected chi connectivity index (χ4v) is 3.98. The van der Waals surface area contributed by atoms with E-state index in [2.05, 4.69) is 23.5 Å². The lowest BCUT2D eigenvalue weighted by Gasteiger charge is -2.26. The molecule has 3 aromatic rings. The van der Waals surface area contributed by atoms with Gasteiger partial charge in [0.05, 0.1) is 32.2 Å². The third kappa shape index (κ3) is 5.49. The van der Waals surface area contributed by atoms with E-state index in [1.165, 1.54) is 0 Å². The second kappa shape index (κ2) is 10.7. The summed E-state index contributed by atoms with van der Waals surface area (Å²) in [5.74, 6) is 1.34. The topological polar surface area (TPSA) is 72.4 Å². The first kappa shape index (κ1) is 23.2. The van der Waals surface area contributed by atoms with Crippen LogP contribution in [0, 0.1) is 6.92 Å². The number of hydrogen-bond donors (Lipinski definition) is 1. The Morgan fingerprint density at radius 2 is 1.85 bits per heavy atom. The lowest BCUT2D eigenvalue weighted by molar-refractivity contribution is 0.0608. The molecule has 0 aliphatic carbocycles. The molecule has 1 unspecified atom stereocenters. The summed E-state index contributed by atoms with van der Waals surface area (Å²) in [5.41, 5.74) is 4.67. The first-order valence-electron chi connectivity index (χ1n) is 11.2. The molecule has 0 fully saturated rings. The van der Waals surface area contributed by atoms with Gasteiger partial charge in [-0.2, -0.15) is 0 Å². The van der Waals surface area contributed by atoms with E-state index < -0.39 is 0 Å². The Bertz CT molecular complexity index is 1180. The molecule has 1 aliphatic heterocycles. The number of methoxy groups -OCH3 is 2. The molecule has 0 bridgehead atoms. The molecule has 7 nitrogen and oxygen atoms in total. The highest BCUT2D eigenvalue weighted by Crippen LogP contribution is 2.25. The summed E-state index contributed by atoms with van der Waals surface area (Å²) >= 11 is 0. The Balaban J connectivity index is 1.51. The summed E-state index contributed by atoms with van der Waals surface area (Å²) in [5, 5.41) is 7.30. The molecule has 0 radical (unpaired) electrons. The molecule has 7 heteroatoms. The van der Waals surface area contributed by atoms with Crippen LogP contribution in [0.25, 0.3) is 0 Å². The van der Waals surface area contributed by atoms with Crippen LogP contribution in [0.2, 0.25) is 0 Å². The Hall–Kier alpha value is -4.00. The van der Waals surface area contributed by atoms with Gasteiger partial charge in [0.15, 0.2) is 6.10 Å². The number of benzene rings is 3. The van der Waals surface area contributed by atoms with Gasteiger partial charge in [0.25, 0.3) is 0 Å². The number of anilines is 1. The predicted molar refractivity (Wildman–Crippen MR) is 133 cm³/mol. The van der Waals surface area contributed by atoms with Crippen LogP contribution in [0.3, 0.4) is 0 Å². The Kier molecular flexibility index (Phi) is 7.32. The minimum absolute atomic E-state index is 0.247. The number of oxime groups is 1. The predicted octanol–water partition coefficient (Wildman–Crippen LogP) is 5.24. The standard InChI is InChI=1S/C27H29N3O4/c1-19-9-4-5-12-23(19)25-16-22(34-29-25)18-30(17-20-10-8-11-21(15-20)32-2)27(31)28-24-13-6-7-14-26(24)33-3/h4-15,22H,16-18H2,1-3H3,(H,28,31). The lowest BCUT2D eigenvalue weighted by Crippen LogP contribution is -2.40. The van der Waals surface area contributed by atoms with Crippen molar-refractivity contribution in [3.63, 3.8) is 0 Å². The second-order valence-electron chi connectivity index (χ2n) is 8.15. The normalized spacial score (nSPS) is 14.7. The van der Waals surface area contributed by atoms with Crippen molar-refractivity contribution in [2.75, 3.05) is 26.1 Å². The van der Waals surface area contributed by atoms with Crippen LogP contribution in [-0.4, -0.2) is 43.5 Å². The number of ether oxygens (including phenoxy) is 2. The van der Waals surface area contributed by atoms with E-state index in [1.54, 1.807) is 19.1 Å². The van der Waals surface area contributed by atoms with Crippen LogP contribution >= 0.6 is 0 Å². The van der Waals surface area contributed by atoms with Gasteiger partial charge in [-0.15, -0.1) is 0 Å². The van der Waals surface area contributed by atoms with E-state index in [-0.39, 0.29) is 12.1 Å². The van der Waals surface area contributed by atoms with Crippen molar-refractivity contribution >= 4 is 17.4 Å². The maximum Gasteiger partial charge on any atom is 0.322 e. The quantitative estimate of drug-likeness (QED) is 0.500. The summed E-state index contributed by atoms with van der Waals surface area (Å²) in [4.78, 5) is 20.8. The maximum absolute atomic E-state index is 13.4. The monoisotopic (exact) mass is 459 g/mol. The number of nitrogens with zero attached hydrogens (tertiary/aromatic N) is 2. The molecule has 1 N–H and O–H groups in total. The van der Waals surface area contributed by atoms with Crippen LogP contribution < -0.4 is 14.8 Å². The smallest absolute Gasteiger partial charge is 0.322 e. The van der Waals surface area contributed by atoms with Crippen LogP contribution in [0.15, 0.2) is 78.0 Å². The number of urea groups is 1. The van der Waals surface area contributed by atoms with Crippen molar-refractivity contribution in [1.82, 2.24) is 4.90 Å². The number of nitrogens with one attached hydrogen (secondary N) is 1. The molecule has 1 aliphatic rings.